The fourth-order valence-corrected chi connectivity index (χ4v) is 3.50. The number of rotatable bonds is 3. The minimum Gasteiger partial charge on any atom is -0.341 e. The molecule has 1 aliphatic heterocycles. The minimum atomic E-state index is 0.0788. The molecule has 0 unspecified atom stereocenters. The first kappa shape index (κ1) is 18.2. The molecule has 0 atom stereocenters. The van der Waals surface area contributed by atoms with Crippen LogP contribution in [0.5, 0.6) is 0 Å². The average Bonchev–Trinajstić information content (AvgIpc) is 2.83. The lowest BCUT2D eigenvalue weighted by atomic mass is 10.1. The van der Waals surface area contributed by atoms with Crippen molar-refractivity contribution < 1.29 is 9.59 Å². The van der Waals surface area contributed by atoms with E-state index in [1.54, 1.807) is 6.92 Å². The maximum absolute atomic E-state index is 12.8. The number of hydrogen-bond donors (Lipinski definition) is 0. The second-order valence-corrected chi connectivity index (χ2v) is 6.81. The molecule has 1 aliphatic rings. The third-order valence-electron chi connectivity index (χ3n) is 5.06. The SMILES string of the molecule is CC(=O)N1CCCN(C(=O)Cc2c(C)nn(-c3ccccc3)c2C)CC1. The number of carbonyl (C=O) groups excluding carboxylic acids is 2. The molecule has 0 N–H and O–H groups in total. The Kier molecular flexibility index (Phi) is 5.40. The zero-order valence-corrected chi connectivity index (χ0v) is 15.7. The summed E-state index contributed by atoms with van der Waals surface area (Å²) in [6.07, 6.45) is 1.18. The molecule has 1 saturated heterocycles. The molecule has 1 aromatic heterocycles. The van der Waals surface area contributed by atoms with Crippen LogP contribution in [0.4, 0.5) is 0 Å². The molecular weight excluding hydrogens is 328 g/mol. The van der Waals surface area contributed by atoms with Crippen LogP contribution in [0.3, 0.4) is 0 Å². The summed E-state index contributed by atoms with van der Waals surface area (Å²) in [5.41, 5.74) is 3.88. The molecule has 2 aromatic rings. The molecule has 6 nitrogen and oxygen atoms in total. The number of nitrogens with zero attached hydrogens (tertiary/aromatic N) is 4. The lowest BCUT2D eigenvalue weighted by molar-refractivity contribution is -0.132. The molecular formula is C20H26N4O2. The summed E-state index contributed by atoms with van der Waals surface area (Å²) in [6.45, 7) is 8.19. The van der Waals surface area contributed by atoms with E-state index in [1.165, 1.54) is 0 Å². The van der Waals surface area contributed by atoms with Gasteiger partial charge in [0.15, 0.2) is 0 Å². The largest absolute Gasteiger partial charge is 0.341 e. The van der Waals surface area contributed by atoms with E-state index >= 15 is 0 Å². The molecule has 6 heteroatoms. The average molecular weight is 354 g/mol. The Morgan fingerprint density at radius 2 is 1.65 bits per heavy atom. The monoisotopic (exact) mass is 354 g/mol. The predicted octanol–water partition coefficient (Wildman–Crippen LogP) is 2.11. The Hall–Kier alpha value is -2.63. The second-order valence-electron chi connectivity index (χ2n) is 6.81. The fraction of sp³-hybridized carbons (Fsp3) is 0.450. The fourth-order valence-electron chi connectivity index (χ4n) is 3.50. The van der Waals surface area contributed by atoms with Crippen molar-refractivity contribution in [1.29, 1.82) is 0 Å². The van der Waals surface area contributed by atoms with Crippen LogP contribution < -0.4 is 0 Å². The van der Waals surface area contributed by atoms with Gasteiger partial charge in [-0.05, 0) is 32.4 Å². The predicted molar refractivity (Wildman–Crippen MR) is 100 cm³/mol. The Morgan fingerprint density at radius 3 is 2.35 bits per heavy atom. The second kappa shape index (κ2) is 7.72. The van der Waals surface area contributed by atoms with E-state index < -0.39 is 0 Å². The van der Waals surface area contributed by atoms with Gasteiger partial charge in [-0.3, -0.25) is 9.59 Å². The summed E-state index contributed by atoms with van der Waals surface area (Å²) in [5, 5.41) is 4.63. The Balaban J connectivity index is 1.74. The molecule has 0 spiro atoms. The number of aromatic nitrogens is 2. The van der Waals surface area contributed by atoms with Crippen molar-refractivity contribution in [2.75, 3.05) is 26.2 Å². The van der Waals surface area contributed by atoms with Gasteiger partial charge in [-0.1, -0.05) is 18.2 Å². The van der Waals surface area contributed by atoms with Crippen molar-refractivity contribution in [3.63, 3.8) is 0 Å². The summed E-state index contributed by atoms with van der Waals surface area (Å²) >= 11 is 0. The van der Waals surface area contributed by atoms with Gasteiger partial charge in [-0.25, -0.2) is 4.68 Å². The summed E-state index contributed by atoms with van der Waals surface area (Å²) in [5.74, 6) is 0.185. The van der Waals surface area contributed by atoms with Crippen LogP contribution in [-0.4, -0.2) is 57.6 Å². The summed E-state index contributed by atoms with van der Waals surface area (Å²) in [7, 11) is 0. The first-order valence-electron chi connectivity index (χ1n) is 9.11. The lowest BCUT2D eigenvalue weighted by Gasteiger charge is -2.21. The summed E-state index contributed by atoms with van der Waals surface area (Å²) in [6, 6.07) is 9.96. The highest BCUT2D eigenvalue weighted by atomic mass is 16.2. The molecule has 2 heterocycles. The molecule has 1 aromatic carbocycles. The molecule has 138 valence electrons. The van der Waals surface area contributed by atoms with E-state index in [0.29, 0.717) is 26.1 Å². The van der Waals surface area contributed by atoms with E-state index in [0.717, 1.165) is 35.6 Å². The molecule has 26 heavy (non-hydrogen) atoms. The van der Waals surface area contributed by atoms with Crippen molar-refractivity contribution >= 4 is 11.8 Å². The zero-order chi connectivity index (χ0) is 18.7. The van der Waals surface area contributed by atoms with Crippen LogP contribution in [-0.2, 0) is 16.0 Å². The lowest BCUT2D eigenvalue weighted by Crippen LogP contribution is -2.37. The topological polar surface area (TPSA) is 58.4 Å². The van der Waals surface area contributed by atoms with Crippen LogP contribution in [0.2, 0.25) is 0 Å². The molecule has 3 rings (SSSR count). The highest BCUT2D eigenvalue weighted by molar-refractivity contribution is 5.79. The van der Waals surface area contributed by atoms with E-state index in [2.05, 4.69) is 5.10 Å². The first-order valence-corrected chi connectivity index (χ1v) is 9.11. The number of carbonyl (C=O) groups is 2. The van der Waals surface area contributed by atoms with E-state index in [-0.39, 0.29) is 11.8 Å². The van der Waals surface area contributed by atoms with Gasteiger partial charge in [0.05, 0.1) is 17.8 Å². The van der Waals surface area contributed by atoms with Crippen molar-refractivity contribution in [2.45, 2.75) is 33.6 Å². The van der Waals surface area contributed by atoms with Crippen LogP contribution >= 0.6 is 0 Å². The first-order chi connectivity index (χ1) is 12.5. The quantitative estimate of drug-likeness (QED) is 0.848. The van der Waals surface area contributed by atoms with Crippen molar-refractivity contribution in [3.8, 4) is 5.69 Å². The summed E-state index contributed by atoms with van der Waals surface area (Å²) < 4.78 is 1.90. The van der Waals surface area contributed by atoms with Gasteiger partial charge >= 0.3 is 0 Å². The van der Waals surface area contributed by atoms with Crippen molar-refractivity contribution in [2.24, 2.45) is 0 Å². The van der Waals surface area contributed by atoms with E-state index in [1.807, 2.05) is 58.7 Å². The Morgan fingerprint density at radius 1 is 1.00 bits per heavy atom. The van der Waals surface area contributed by atoms with Gasteiger partial charge in [0.2, 0.25) is 11.8 Å². The molecule has 1 fully saturated rings. The van der Waals surface area contributed by atoms with Crippen molar-refractivity contribution in [3.05, 3.63) is 47.3 Å². The number of amides is 2. The molecule has 0 saturated carbocycles. The molecule has 0 aliphatic carbocycles. The van der Waals surface area contributed by atoms with E-state index in [9.17, 15) is 9.59 Å². The summed E-state index contributed by atoms with van der Waals surface area (Å²) in [4.78, 5) is 28.1. The van der Waals surface area contributed by atoms with Gasteiger partial charge in [0.1, 0.15) is 0 Å². The highest BCUT2D eigenvalue weighted by Gasteiger charge is 2.23. The number of benzene rings is 1. The third kappa shape index (κ3) is 3.79. The molecule has 0 radical (unpaired) electrons. The van der Waals surface area contributed by atoms with Gasteiger partial charge in [0.25, 0.3) is 0 Å². The number of aryl methyl sites for hydroxylation is 1. The Labute approximate surface area is 154 Å². The number of hydrogen-bond acceptors (Lipinski definition) is 3. The zero-order valence-electron chi connectivity index (χ0n) is 15.7. The number of para-hydroxylation sites is 1. The molecule has 2 amide bonds. The van der Waals surface area contributed by atoms with Gasteiger partial charge in [-0.15, -0.1) is 0 Å². The third-order valence-corrected chi connectivity index (χ3v) is 5.06. The molecule has 0 bridgehead atoms. The van der Waals surface area contributed by atoms with Gasteiger partial charge < -0.3 is 9.80 Å². The highest BCUT2D eigenvalue weighted by Crippen LogP contribution is 2.19. The van der Waals surface area contributed by atoms with Gasteiger partial charge in [-0.2, -0.15) is 5.10 Å². The standard InChI is InChI=1S/C20H26N4O2/c1-15-19(16(2)24(21-15)18-8-5-4-6-9-18)14-20(26)23-11-7-10-22(12-13-23)17(3)25/h4-6,8-9H,7,10-14H2,1-3H3. The van der Waals surface area contributed by atoms with Crippen LogP contribution in [0, 0.1) is 13.8 Å². The maximum atomic E-state index is 12.8. The van der Waals surface area contributed by atoms with Crippen LogP contribution in [0.1, 0.15) is 30.3 Å². The van der Waals surface area contributed by atoms with Crippen LogP contribution in [0.15, 0.2) is 30.3 Å². The Bertz CT molecular complexity index is 798. The van der Waals surface area contributed by atoms with Gasteiger partial charge in [0, 0.05) is 44.4 Å². The maximum Gasteiger partial charge on any atom is 0.227 e. The normalized spacial score (nSPS) is 15.0. The smallest absolute Gasteiger partial charge is 0.227 e. The van der Waals surface area contributed by atoms with Crippen LogP contribution in [0.25, 0.3) is 5.69 Å². The minimum absolute atomic E-state index is 0.0788. The van der Waals surface area contributed by atoms with E-state index in [4.69, 9.17) is 0 Å². The van der Waals surface area contributed by atoms with Crippen molar-refractivity contribution in [1.82, 2.24) is 19.6 Å².